The minimum absolute atomic E-state index is 0.318. The smallest absolute Gasteiger partial charge is 0.175 e. The summed E-state index contributed by atoms with van der Waals surface area (Å²) < 4.78 is 15.1. The van der Waals surface area contributed by atoms with E-state index in [0.29, 0.717) is 34.8 Å². The average Bonchev–Trinajstić information content (AvgIpc) is 3.05. The van der Waals surface area contributed by atoms with E-state index in [1.807, 2.05) is 30.3 Å². The zero-order valence-electron chi connectivity index (χ0n) is 13.7. The first-order chi connectivity index (χ1) is 12.7. The standard InChI is InChI=1S/C20H14FN5/c21-16-8-4-7-15(11-16)19-17(12-22)20-24-18(9-10-26(20)25-19)23-13-14-5-2-1-3-6-14/h1-11H,13H2,(H,23,24). The number of aromatic nitrogens is 3. The molecule has 5 nitrogen and oxygen atoms in total. The molecule has 0 atom stereocenters. The molecule has 4 aromatic rings. The summed E-state index contributed by atoms with van der Waals surface area (Å²) in [5.74, 6) is 0.269. The number of nitrogens with one attached hydrogen (secondary N) is 1. The number of rotatable bonds is 4. The van der Waals surface area contributed by atoms with Crippen LogP contribution >= 0.6 is 0 Å². The first-order valence-electron chi connectivity index (χ1n) is 8.08. The molecule has 26 heavy (non-hydrogen) atoms. The van der Waals surface area contributed by atoms with Crippen LogP contribution in [-0.4, -0.2) is 14.6 Å². The van der Waals surface area contributed by atoms with E-state index in [1.165, 1.54) is 16.6 Å². The minimum Gasteiger partial charge on any atom is -0.366 e. The Morgan fingerprint density at radius 2 is 1.92 bits per heavy atom. The van der Waals surface area contributed by atoms with Crippen LogP contribution in [0.1, 0.15) is 11.1 Å². The van der Waals surface area contributed by atoms with Gasteiger partial charge in [-0.25, -0.2) is 13.9 Å². The molecule has 0 unspecified atom stereocenters. The van der Waals surface area contributed by atoms with E-state index < -0.39 is 0 Å². The van der Waals surface area contributed by atoms with Crippen molar-refractivity contribution in [3.05, 3.63) is 83.8 Å². The summed E-state index contributed by atoms with van der Waals surface area (Å²) in [5.41, 5.74) is 2.85. The summed E-state index contributed by atoms with van der Waals surface area (Å²) in [6.07, 6.45) is 1.74. The summed E-state index contributed by atoms with van der Waals surface area (Å²) >= 11 is 0. The van der Waals surface area contributed by atoms with E-state index >= 15 is 0 Å². The van der Waals surface area contributed by atoms with E-state index in [-0.39, 0.29) is 5.82 Å². The number of hydrogen-bond donors (Lipinski definition) is 1. The second-order valence-corrected chi connectivity index (χ2v) is 5.77. The van der Waals surface area contributed by atoms with E-state index in [9.17, 15) is 9.65 Å². The SMILES string of the molecule is N#Cc1c(-c2cccc(F)c2)nn2ccc(NCc3ccccc3)nc12. The molecule has 0 aliphatic carbocycles. The Balaban J connectivity index is 1.71. The van der Waals surface area contributed by atoms with Gasteiger partial charge in [-0.1, -0.05) is 42.5 Å². The van der Waals surface area contributed by atoms with E-state index in [1.54, 1.807) is 24.4 Å². The van der Waals surface area contributed by atoms with Gasteiger partial charge in [0.25, 0.3) is 0 Å². The molecule has 0 bridgehead atoms. The lowest BCUT2D eigenvalue weighted by Gasteiger charge is -2.05. The van der Waals surface area contributed by atoms with Crippen LogP contribution in [0.3, 0.4) is 0 Å². The monoisotopic (exact) mass is 343 g/mol. The van der Waals surface area contributed by atoms with E-state index in [2.05, 4.69) is 21.5 Å². The molecule has 0 aliphatic rings. The lowest BCUT2D eigenvalue weighted by Crippen LogP contribution is -2.02. The average molecular weight is 343 g/mol. The van der Waals surface area contributed by atoms with Crippen molar-refractivity contribution in [3.63, 3.8) is 0 Å². The van der Waals surface area contributed by atoms with Gasteiger partial charge in [-0.2, -0.15) is 10.4 Å². The number of hydrogen-bond acceptors (Lipinski definition) is 4. The molecule has 0 saturated carbocycles. The van der Waals surface area contributed by atoms with Crippen molar-refractivity contribution in [2.24, 2.45) is 0 Å². The van der Waals surface area contributed by atoms with Crippen LogP contribution in [0.2, 0.25) is 0 Å². The van der Waals surface area contributed by atoms with Crippen molar-refractivity contribution in [1.29, 1.82) is 5.26 Å². The molecule has 0 spiro atoms. The maximum absolute atomic E-state index is 13.5. The first kappa shape index (κ1) is 15.8. The second-order valence-electron chi connectivity index (χ2n) is 5.77. The molecule has 4 rings (SSSR count). The quantitative estimate of drug-likeness (QED) is 0.608. The zero-order chi connectivity index (χ0) is 17.9. The summed E-state index contributed by atoms with van der Waals surface area (Å²) in [6.45, 7) is 0.622. The Hall–Kier alpha value is -3.72. The molecule has 2 heterocycles. The minimum atomic E-state index is -0.373. The third-order valence-corrected chi connectivity index (χ3v) is 4.01. The fourth-order valence-electron chi connectivity index (χ4n) is 2.76. The second kappa shape index (κ2) is 6.65. The molecule has 0 fully saturated rings. The highest BCUT2D eigenvalue weighted by molar-refractivity contribution is 5.75. The third-order valence-electron chi connectivity index (χ3n) is 4.01. The maximum Gasteiger partial charge on any atom is 0.175 e. The predicted molar refractivity (Wildman–Crippen MR) is 96.9 cm³/mol. The number of fused-ring (bicyclic) bond motifs is 1. The molecule has 0 aliphatic heterocycles. The van der Waals surface area contributed by atoms with E-state index in [0.717, 1.165) is 5.56 Å². The Bertz CT molecular complexity index is 1110. The molecule has 2 aromatic carbocycles. The van der Waals surface area contributed by atoms with Crippen molar-refractivity contribution >= 4 is 11.5 Å². The Morgan fingerprint density at radius 3 is 2.69 bits per heavy atom. The molecular weight excluding hydrogens is 329 g/mol. The van der Waals surface area contributed by atoms with Crippen LogP contribution < -0.4 is 5.32 Å². The summed E-state index contributed by atoms with van der Waals surface area (Å²) in [6, 6.07) is 19.9. The topological polar surface area (TPSA) is 66.0 Å². The van der Waals surface area contributed by atoms with Gasteiger partial charge in [-0.3, -0.25) is 0 Å². The summed E-state index contributed by atoms with van der Waals surface area (Å²) in [5, 5.41) is 17.2. The first-order valence-corrected chi connectivity index (χ1v) is 8.08. The van der Waals surface area contributed by atoms with Gasteiger partial charge in [0.15, 0.2) is 5.65 Å². The maximum atomic E-state index is 13.5. The molecule has 6 heteroatoms. The third kappa shape index (κ3) is 2.98. The highest BCUT2D eigenvalue weighted by Gasteiger charge is 2.16. The van der Waals surface area contributed by atoms with Crippen LogP contribution in [0.5, 0.6) is 0 Å². The van der Waals surface area contributed by atoms with Gasteiger partial charge in [0, 0.05) is 18.3 Å². The van der Waals surface area contributed by atoms with Crippen LogP contribution in [0, 0.1) is 17.1 Å². The Labute approximate surface area is 149 Å². The van der Waals surface area contributed by atoms with Crippen LogP contribution in [0.4, 0.5) is 10.2 Å². The van der Waals surface area contributed by atoms with Gasteiger partial charge < -0.3 is 5.32 Å². The number of nitriles is 1. The van der Waals surface area contributed by atoms with Gasteiger partial charge in [-0.05, 0) is 23.8 Å². The van der Waals surface area contributed by atoms with Crippen molar-refractivity contribution in [2.45, 2.75) is 6.54 Å². The van der Waals surface area contributed by atoms with Gasteiger partial charge in [0.05, 0.1) is 0 Å². The predicted octanol–water partition coefficient (Wildman–Crippen LogP) is 4.02. The summed E-state index contributed by atoms with van der Waals surface area (Å²) in [4.78, 5) is 4.50. The Morgan fingerprint density at radius 1 is 1.08 bits per heavy atom. The van der Waals surface area contributed by atoms with Gasteiger partial charge in [0.1, 0.15) is 29.0 Å². The fraction of sp³-hybridized carbons (Fsp3) is 0.0500. The van der Waals surface area contributed by atoms with E-state index in [4.69, 9.17) is 0 Å². The van der Waals surface area contributed by atoms with Crippen LogP contribution in [0.15, 0.2) is 66.9 Å². The molecule has 0 amide bonds. The van der Waals surface area contributed by atoms with Gasteiger partial charge in [0.2, 0.25) is 0 Å². The molecule has 2 aromatic heterocycles. The number of anilines is 1. The number of nitrogens with zero attached hydrogens (tertiary/aromatic N) is 4. The van der Waals surface area contributed by atoms with Crippen LogP contribution in [-0.2, 0) is 6.54 Å². The van der Waals surface area contributed by atoms with Crippen molar-refractivity contribution in [1.82, 2.24) is 14.6 Å². The Kier molecular flexibility index (Phi) is 4.04. The summed E-state index contributed by atoms with van der Waals surface area (Å²) in [7, 11) is 0. The van der Waals surface area contributed by atoms with Crippen molar-refractivity contribution in [2.75, 3.05) is 5.32 Å². The lowest BCUT2D eigenvalue weighted by molar-refractivity contribution is 0.628. The van der Waals surface area contributed by atoms with Crippen LogP contribution in [0.25, 0.3) is 16.9 Å². The zero-order valence-corrected chi connectivity index (χ0v) is 13.7. The highest BCUT2D eigenvalue weighted by Crippen LogP contribution is 2.26. The molecular formula is C20H14FN5. The molecule has 126 valence electrons. The molecule has 1 N–H and O–H groups in total. The lowest BCUT2D eigenvalue weighted by atomic mass is 10.1. The molecule has 0 radical (unpaired) electrons. The van der Waals surface area contributed by atoms with Crippen molar-refractivity contribution in [3.8, 4) is 17.3 Å². The largest absolute Gasteiger partial charge is 0.366 e. The number of benzene rings is 2. The normalized spacial score (nSPS) is 10.6. The van der Waals surface area contributed by atoms with Gasteiger partial charge in [-0.15, -0.1) is 0 Å². The highest BCUT2D eigenvalue weighted by atomic mass is 19.1. The molecule has 0 saturated heterocycles. The van der Waals surface area contributed by atoms with Gasteiger partial charge >= 0.3 is 0 Å². The fourth-order valence-corrected chi connectivity index (χ4v) is 2.76. The number of halogens is 1. The van der Waals surface area contributed by atoms with Crippen molar-refractivity contribution < 1.29 is 4.39 Å².